The Morgan fingerprint density at radius 1 is 1.50 bits per heavy atom. The van der Waals surface area contributed by atoms with Crippen LogP contribution in [0.5, 0.6) is 0 Å². The molecule has 0 atom stereocenters. The molecule has 10 heavy (non-hydrogen) atoms. The summed E-state index contributed by atoms with van der Waals surface area (Å²) >= 11 is 0. The molecule has 0 aromatic rings. The fourth-order valence-electron chi connectivity index (χ4n) is 0.318. The highest BCUT2D eigenvalue weighted by molar-refractivity contribution is 5.81. The first-order valence-corrected chi connectivity index (χ1v) is 3.24. The number of rotatable bonds is 4. The molecule has 0 bridgehead atoms. The summed E-state index contributed by atoms with van der Waals surface area (Å²) in [6.07, 6.45) is 4.20. The van der Waals surface area contributed by atoms with Crippen LogP contribution in [0, 0.1) is 0 Å². The van der Waals surface area contributed by atoms with E-state index in [0.29, 0.717) is 0 Å². The summed E-state index contributed by atoms with van der Waals surface area (Å²) in [6.45, 7) is 12.9. The normalized spacial score (nSPS) is 9.70. The fraction of sp³-hybridized carbons (Fsp3) is 0.222. The van der Waals surface area contributed by atoms with Crippen LogP contribution in [0.2, 0.25) is 0 Å². The first kappa shape index (κ1) is 8.89. The Bertz CT molecular complexity index is 175. The van der Waals surface area contributed by atoms with Gasteiger partial charge in [-0.3, -0.25) is 4.99 Å². The van der Waals surface area contributed by atoms with E-state index in [4.69, 9.17) is 0 Å². The van der Waals surface area contributed by atoms with Crippen LogP contribution in [-0.2, 0) is 0 Å². The van der Waals surface area contributed by atoms with Crippen molar-refractivity contribution in [2.24, 2.45) is 4.99 Å². The summed E-state index contributed by atoms with van der Waals surface area (Å²) in [5.74, 6) is 0. The van der Waals surface area contributed by atoms with Crippen LogP contribution in [-0.4, -0.2) is 6.21 Å². The van der Waals surface area contributed by atoms with Gasteiger partial charge in [-0.15, -0.1) is 0 Å². The van der Waals surface area contributed by atoms with Crippen LogP contribution in [0.1, 0.15) is 13.3 Å². The highest BCUT2D eigenvalue weighted by Crippen LogP contribution is 1.97. The fourth-order valence-corrected chi connectivity index (χ4v) is 0.318. The SMILES string of the molecule is C=CC(=C)C=NC(=C)CC. The summed E-state index contributed by atoms with van der Waals surface area (Å²) in [6, 6.07) is 0. The molecule has 0 saturated carbocycles. The molecular formula is C9H13N. The third-order valence-electron chi connectivity index (χ3n) is 1.08. The monoisotopic (exact) mass is 135 g/mol. The lowest BCUT2D eigenvalue weighted by atomic mass is 10.3. The molecule has 1 nitrogen and oxygen atoms in total. The molecule has 0 aromatic carbocycles. The quantitative estimate of drug-likeness (QED) is 0.415. The van der Waals surface area contributed by atoms with Crippen LogP contribution in [0.25, 0.3) is 0 Å². The van der Waals surface area contributed by atoms with Crippen molar-refractivity contribution in [2.75, 3.05) is 0 Å². The molecule has 0 spiro atoms. The van der Waals surface area contributed by atoms with Gasteiger partial charge in [-0.1, -0.05) is 32.7 Å². The minimum absolute atomic E-state index is 0.814. The number of allylic oxidation sites excluding steroid dienone is 3. The topological polar surface area (TPSA) is 12.4 Å². The van der Waals surface area contributed by atoms with Gasteiger partial charge in [0.05, 0.1) is 0 Å². The second-order valence-electron chi connectivity index (χ2n) is 1.96. The van der Waals surface area contributed by atoms with Crippen molar-refractivity contribution in [2.45, 2.75) is 13.3 Å². The molecule has 0 rings (SSSR count). The third kappa shape index (κ3) is 3.84. The van der Waals surface area contributed by atoms with E-state index in [9.17, 15) is 0 Å². The van der Waals surface area contributed by atoms with E-state index in [-0.39, 0.29) is 0 Å². The van der Waals surface area contributed by atoms with E-state index < -0.39 is 0 Å². The van der Waals surface area contributed by atoms with Crippen molar-refractivity contribution in [1.82, 2.24) is 0 Å². The van der Waals surface area contributed by atoms with Crippen LogP contribution < -0.4 is 0 Å². The second kappa shape index (κ2) is 4.74. The average Bonchev–Trinajstić information content (AvgIpc) is 1.99. The van der Waals surface area contributed by atoms with Crippen molar-refractivity contribution in [3.8, 4) is 0 Å². The van der Waals surface area contributed by atoms with Crippen molar-refractivity contribution in [1.29, 1.82) is 0 Å². The predicted octanol–water partition coefficient (Wildman–Crippen LogP) is 2.72. The van der Waals surface area contributed by atoms with Gasteiger partial charge in [0.1, 0.15) is 0 Å². The van der Waals surface area contributed by atoms with Gasteiger partial charge in [-0.25, -0.2) is 0 Å². The van der Waals surface area contributed by atoms with Gasteiger partial charge in [0, 0.05) is 11.9 Å². The highest BCUT2D eigenvalue weighted by Gasteiger charge is 1.81. The molecule has 0 aliphatic heterocycles. The molecule has 0 radical (unpaired) electrons. The van der Waals surface area contributed by atoms with E-state index >= 15 is 0 Å². The standard InChI is InChI=1S/C9H13N/c1-5-8(3)7-10-9(4)6-2/h5,7H,1,3-4,6H2,2H3. The molecule has 0 aliphatic rings. The number of hydrogen-bond acceptors (Lipinski definition) is 1. The molecule has 1 heteroatoms. The van der Waals surface area contributed by atoms with Crippen molar-refractivity contribution >= 4 is 6.21 Å². The van der Waals surface area contributed by atoms with Gasteiger partial charge in [0.25, 0.3) is 0 Å². The van der Waals surface area contributed by atoms with E-state index in [1.54, 1.807) is 12.3 Å². The maximum absolute atomic E-state index is 4.02. The summed E-state index contributed by atoms with van der Waals surface area (Å²) in [5.41, 5.74) is 1.68. The maximum atomic E-state index is 4.02. The molecule has 0 fully saturated rings. The molecular weight excluding hydrogens is 122 g/mol. The van der Waals surface area contributed by atoms with Crippen LogP contribution >= 0.6 is 0 Å². The van der Waals surface area contributed by atoms with Gasteiger partial charge < -0.3 is 0 Å². The lowest BCUT2D eigenvalue weighted by molar-refractivity contribution is 1.08. The number of aliphatic imine (C=N–C) groups is 1. The van der Waals surface area contributed by atoms with Crippen LogP contribution in [0.15, 0.2) is 42.1 Å². The largest absolute Gasteiger partial charge is 0.261 e. The number of nitrogens with zero attached hydrogens (tertiary/aromatic N) is 1. The van der Waals surface area contributed by atoms with Crippen molar-refractivity contribution < 1.29 is 0 Å². The van der Waals surface area contributed by atoms with Crippen molar-refractivity contribution in [3.63, 3.8) is 0 Å². The zero-order valence-electron chi connectivity index (χ0n) is 6.43. The molecule has 0 aliphatic carbocycles. The number of hydrogen-bond donors (Lipinski definition) is 0. The summed E-state index contributed by atoms with van der Waals surface area (Å²) in [5, 5.41) is 0. The van der Waals surface area contributed by atoms with E-state index in [0.717, 1.165) is 17.7 Å². The van der Waals surface area contributed by atoms with Crippen LogP contribution in [0.3, 0.4) is 0 Å². The lowest BCUT2D eigenvalue weighted by Gasteiger charge is -1.90. The Morgan fingerprint density at radius 3 is 2.50 bits per heavy atom. The predicted molar refractivity (Wildman–Crippen MR) is 47.3 cm³/mol. The molecule has 0 heterocycles. The van der Waals surface area contributed by atoms with E-state index in [1.807, 2.05) is 6.92 Å². The van der Waals surface area contributed by atoms with Gasteiger partial charge in [0.15, 0.2) is 0 Å². The van der Waals surface area contributed by atoms with Gasteiger partial charge in [-0.2, -0.15) is 0 Å². The zero-order chi connectivity index (χ0) is 7.98. The minimum atomic E-state index is 0.814. The summed E-state index contributed by atoms with van der Waals surface area (Å²) < 4.78 is 0. The molecule has 0 unspecified atom stereocenters. The van der Waals surface area contributed by atoms with Gasteiger partial charge in [-0.05, 0) is 12.0 Å². The zero-order valence-corrected chi connectivity index (χ0v) is 6.43. The Labute approximate surface area is 62.5 Å². The summed E-state index contributed by atoms with van der Waals surface area (Å²) in [7, 11) is 0. The first-order valence-electron chi connectivity index (χ1n) is 3.24. The maximum Gasteiger partial charge on any atom is 0.0337 e. The van der Waals surface area contributed by atoms with Crippen LogP contribution in [0.4, 0.5) is 0 Å². The Kier molecular flexibility index (Phi) is 4.21. The van der Waals surface area contributed by atoms with E-state index in [2.05, 4.69) is 24.7 Å². The Hall–Kier alpha value is -1.11. The van der Waals surface area contributed by atoms with Gasteiger partial charge >= 0.3 is 0 Å². The van der Waals surface area contributed by atoms with E-state index in [1.165, 1.54) is 0 Å². The Morgan fingerprint density at radius 2 is 2.10 bits per heavy atom. The summed E-state index contributed by atoms with van der Waals surface area (Å²) in [4.78, 5) is 4.02. The van der Waals surface area contributed by atoms with Crippen molar-refractivity contribution in [3.05, 3.63) is 37.1 Å². The Balaban J connectivity index is 3.87. The highest BCUT2D eigenvalue weighted by atomic mass is 14.7. The smallest absolute Gasteiger partial charge is 0.0337 e. The molecule has 0 amide bonds. The first-order chi connectivity index (χ1) is 4.70. The molecule has 0 saturated heterocycles. The minimum Gasteiger partial charge on any atom is -0.261 e. The van der Waals surface area contributed by atoms with Gasteiger partial charge in [0.2, 0.25) is 0 Å². The molecule has 54 valence electrons. The molecule has 0 aromatic heterocycles. The lowest BCUT2D eigenvalue weighted by Crippen LogP contribution is -1.77. The second-order valence-corrected chi connectivity index (χ2v) is 1.96. The molecule has 0 N–H and O–H groups in total. The third-order valence-corrected chi connectivity index (χ3v) is 1.08. The average molecular weight is 135 g/mol.